The van der Waals surface area contributed by atoms with Crippen molar-refractivity contribution in [3.8, 4) is 0 Å². The van der Waals surface area contributed by atoms with E-state index in [-0.39, 0.29) is 6.04 Å². The van der Waals surface area contributed by atoms with Gasteiger partial charge < -0.3 is 10.4 Å². The Morgan fingerprint density at radius 1 is 1.53 bits per heavy atom. The van der Waals surface area contributed by atoms with Crippen LogP contribution in [0.1, 0.15) is 33.1 Å². The van der Waals surface area contributed by atoms with Gasteiger partial charge in [-0.25, -0.2) is 0 Å². The Bertz CT molecular complexity index is 221. The molecule has 0 bridgehead atoms. The first-order valence-electron chi connectivity index (χ1n) is 5.26. The number of carboxylic acids is 1. The minimum Gasteiger partial charge on any atom is -0.480 e. The average molecular weight is 235 g/mol. The van der Waals surface area contributed by atoms with Gasteiger partial charge in [0, 0.05) is 28.9 Å². The summed E-state index contributed by atoms with van der Waals surface area (Å²) in [5, 5.41) is 11.9. The van der Waals surface area contributed by atoms with Gasteiger partial charge in [0.05, 0.1) is 0 Å². The Hall–Kier alpha value is -0.420. The predicted molar refractivity (Wildman–Crippen MR) is 62.5 cm³/mol. The van der Waals surface area contributed by atoms with E-state index >= 15 is 0 Å². The highest BCUT2D eigenvalue weighted by molar-refractivity contribution is 7.84. The zero-order valence-corrected chi connectivity index (χ0v) is 10.5. The minimum atomic E-state index is -0.886. The first-order valence-corrected chi connectivity index (χ1v) is 6.99. The lowest BCUT2D eigenvalue weighted by Crippen LogP contribution is -2.44. The molecule has 0 aromatic carbocycles. The second-order valence-electron chi connectivity index (χ2n) is 3.84. The second-order valence-corrected chi connectivity index (χ2v) is 5.32. The summed E-state index contributed by atoms with van der Waals surface area (Å²) in [6, 6.07) is -0.530. The maximum atomic E-state index is 10.9. The maximum Gasteiger partial charge on any atom is 0.320 e. The topological polar surface area (TPSA) is 66.4 Å². The normalized spacial score (nSPS) is 17.0. The zero-order valence-electron chi connectivity index (χ0n) is 9.66. The van der Waals surface area contributed by atoms with Crippen molar-refractivity contribution in [1.82, 2.24) is 5.32 Å². The molecular formula is C10H21NO3S. The first kappa shape index (κ1) is 14.6. The molecular weight excluding hydrogens is 214 g/mol. The molecule has 0 heterocycles. The van der Waals surface area contributed by atoms with Gasteiger partial charge in [0.15, 0.2) is 0 Å². The van der Waals surface area contributed by atoms with E-state index in [4.69, 9.17) is 5.11 Å². The lowest BCUT2D eigenvalue weighted by atomic mass is 10.1. The smallest absolute Gasteiger partial charge is 0.320 e. The number of hydrogen-bond donors (Lipinski definition) is 2. The number of unbranched alkanes of at least 4 members (excludes halogenated alkanes) is 1. The van der Waals surface area contributed by atoms with Crippen molar-refractivity contribution in [3.63, 3.8) is 0 Å². The molecule has 3 atom stereocenters. The van der Waals surface area contributed by atoms with Gasteiger partial charge in [-0.2, -0.15) is 0 Å². The van der Waals surface area contributed by atoms with Gasteiger partial charge in [-0.3, -0.25) is 9.00 Å². The molecule has 0 spiro atoms. The molecule has 0 amide bonds. The fourth-order valence-corrected chi connectivity index (χ4v) is 2.23. The molecule has 2 N–H and O–H groups in total. The third kappa shape index (κ3) is 7.50. The molecule has 0 rings (SSSR count). The zero-order chi connectivity index (χ0) is 11.8. The molecule has 0 saturated heterocycles. The Kier molecular flexibility index (Phi) is 7.60. The molecule has 0 aliphatic carbocycles. The maximum absolute atomic E-state index is 10.9. The Morgan fingerprint density at radius 2 is 2.13 bits per heavy atom. The summed E-state index contributed by atoms with van der Waals surface area (Å²) in [5.41, 5.74) is 0. The van der Waals surface area contributed by atoms with Crippen molar-refractivity contribution in [3.05, 3.63) is 0 Å². The Balaban J connectivity index is 4.03. The van der Waals surface area contributed by atoms with Crippen LogP contribution in [0.15, 0.2) is 0 Å². The van der Waals surface area contributed by atoms with E-state index in [1.165, 1.54) is 0 Å². The van der Waals surface area contributed by atoms with Crippen LogP contribution in [0, 0.1) is 0 Å². The van der Waals surface area contributed by atoms with Crippen molar-refractivity contribution in [2.75, 3.05) is 12.0 Å². The summed E-state index contributed by atoms with van der Waals surface area (Å²) < 4.78 is 10.9. The molecule has 3 unspecified atom stereocenters. The highest BCUT2D eigenvalue weighted by Crippen LogP contribution is 2.02. The highest BCUT2D eigenvalue weighted by atomic mass is 32.2. The van der Waals surface area contributed by atoms with Gasteiger partial charge in [-0.05, 0) is 13.3 Å². The van der Waals surface area contributed by atoms with Crippen molar-refractivity contribution >= 4 is 16.8 Å². The molecule has 0 radical (unpaired) electrons. The number of nitrogens with one attached hydrogen (secondary N) is 1. The van der Waals surface area contributed by atoms with Crippen molar-refractivity contribution in [1.29, 1.82) is 0 Å². The summed E-state index contributed by atoms with van der Waals surface area (Å²) in [6.45, 7) is 3.90. The Labute approximate surface area is 93.9 Å². The van der Waals surface area contributed by atoms with Crippen LogP contribution in [-0.2, 0) is 15.6 Å². The first-order chi connectivity index (χ1) is 6.97. The van der Waals surface area contributed by atoms with Crippen molar-refractivity contribution in [2.45, 2.75) is 45.2 Å². The summed E-state index contributed by atoms with van der Waals surface area (Å²) in [6.07, 6.45) is 4.14. The fourth-order valence-electron chi connectivity index (χ4n) is 1.43. The number of hydrogen-bond acceptors (Lipinski definition) is 3. The van der Waals surface area contributed by atoms with Crippen molar-refractivity contribution in [2.24, 2.45) is 0 Å². The summed E-state index contributed by atoms with van der Waals surface area (Å²) in [4.78, 5) is 10.9. The van der Waals surface area contributed by atoms with E-state index in [9.17, 15) is 9.00 Å². The minimum absolute atomic E-state index is 0.0196. The van der Waals surface area contributed by atoms with E-state index < -0.39 is 22.8 Å². The van der Waals surface area contributed by atoms with Crippen LogP contribution in [0.4, 0.5) is 0 Å². The molecule has 4 nitrogen and oxygen atoms in total. The molecule has 90 valence electrons. The average Bonchev–Trinajstić information content (AvgIpc) is 2.10. The number of aliphatic carboxylic acids is 1. The summed E-state index contributed by atoms with van der Waals surface area (Å²) in [5.74, 6) is -0.326. The molecule has 0 fully saturated rings. The summed E-state index contributed by atoms with van der Waals surface area (Å²) >= 11 is 0. The van der Waals surface area contributed by atoms with Crippen LogP contribution in [0.5, 0.6) is 0 Å². The highest BCUT2D eigenvalue weighted by Gasteiger charge is 2.18. The SMILES string of the molecule is CCCCC(NC(C)CS(C)=O)C(=O)O. The van der Waals surface area contributed by atoms with E-state index in [0.717, 1.165) is 12.8 Å². The van der Waals surface area contributed by atoms with Gasteiger partial charge in [0.2, 0.25) is 0 Å². The fraction of sp³-hybridized carbons (Fsp3) is 0.900. The van der Waals surface area contributed by atoms with E-state index in [1.54, 1.807) is 6.26 Å². The molecule has 0 aromatic rings. The van der Waals surface area contributed by atoms with Gasteiger partial charge >= 0.3 is 5.97 Å². The van der Waals surface area contributed by atoms with Crippen molar-refractivity contribution < 1.29 is 14.1 Å². The van der Waals surface area contributed by atoms with Gasteiger partial charge in [0.25, 0.3) is 0 Å². The molecule has 0 aliphatic rings. The van der Waals surface area contributed by atoms with Crippen LogP contribution >= 0.6 is 0 Å². The van der Waals surface area contributed by atoms with Gasteiger partial charge in [-0.1, -0.05) is 19.8 Å². The standard InChI is InChI=1S/C10H21NO3S/c1-4-5-6-9(10(12)13)11-8(2)7-15(3)14/h8-9,11H,4-7H2,1-3H3,(H,12,13). The van der Waals surface area contributed by atoms with E-state index in [2.05, 4.69) is 5.32 Å². The van der Waals surface area contributed by atoms with Gasteiger partial charge in [0.1, 0.15) is 6.04 Å². The number of carboxylic acid groups (broad SMARTS) is 1. The monoisotopic (exact) mass is 235 g/mol. The molecule has 15 heavy (non-hydrogen) atoms. The third-order valence-corrected chi connectivity index (χ3v) is 3.08. The third-order valence-electron chi connectivity index (χ3n) is 2.11. The molecule has 0 saturated carbocycles. The number of carbonyl (C=O) groups is 1. The number of rotatable bonds is 8. The second kappa shape index (κ2) is 7.82. The molecule has 0 aromatic heterocycles. The lowest BCUT2D eigenvalue weighted by Gasteiger charge is -2.19. The van der Waals surface area contributed by atoms with E-state index in [0.29, 0.717) is 12.2 Å². The van der Waals surface area contributed by atoms with Crippen LogP contribution in [0.25, 0.3) is 0 Å². The quantitative estimate of drug-likeness (QED) is 0.658. The van der Waals surface area contributed by atoms with Crippen LogP contribution in [-0.4, -0.2) is 39.4 Å². The lowest BCUT2D eigenvalue weighted by molar-refractivity contribution is -0.139. The Morgan fingerprint density at radius 3 is 2.53 bits per heavy atom. The predicted octanol–water partition coefficient (Wildman–Crippen LogP) is 0.986. The van der Waals surface area contributed by atoms with Crippen LogP contribution < -0.4 is 5.32 Å². The summed E-state index contributed by atoms with van der Waals surface area (Å²) in [7, 11) is -0.886. The van der Waals surface area contributed by atoms with Crippen LogP contribution in [0.3, 0.4) is 0 Å². The van der Waals surface area contributed by atoms with Crippen LogP contribution in [0.2, 0.25) is 0 Å². The van der Waals surface area contributed by atoms with E-state index in [1.807, 2.05) is 13.8 Å². The largest absolute Gasteiger partial charge is 0.480 e. The molecule has 0 aliphatic heterocycles. The van der Waals surface area contributed by atoms with Gasteiger partial charge in [-0.15, -0.1) is 0 Å². The molecule has 5 heteroatoms.